The van der Waals surface area contributed by atoms with Gasteiger partial charge in [-0.1, -0.05) is 42.5 Å². The summed E-state index contributed by atoms with van der Waals surface area (Å²) in [7, 11) is 0. The Balaban J connectivity index is 1.71. The van der Waals surface area contributed by atoms with Crippen molar-refractivity contribution in [3.63, 3.8) is 0 Å². The Morgan fingerprint density at radius 3 is 2.53 bits per heavy atom. The molecule has 1 N–H and O–H groups in total. The zero-order chi connectivity index (χ0) is 22.8. The molecule has 0 radical (unpaired) electrons. The quantitative estimate of drug-likeness (QED) is 0.444. The molecule has 2 heterocycles. The van der Waals surface area contributed by atoms with Gasteiger partial charge in [-0.05, 0) is 38.5 Å². The number of amides is 1. The van der Waals surface area contributed by atoms with E-state index in [1.54, 1.807) is 43.3 Å². The Labute approximate surface area is 188 Å². The number of anilines is 1. The molecule has 7 heteroatoms. The highest BCUT2D eigenvalue weighted by atomic mass is 32.1. The molecule has 160 valence electrons. The fourth-order valence-corrected chi connectivity index (χ4v) is 4.32. The summed E-state index contributed by atoms with van der Waals surface area (Å²) in [5.41, 5.74) is 2.01. The normalized spacial score (nSPS) is 11.7. The second-order valence-corrected chi connectivity index (χ2v) is 8.52. The van der Waals surface area contributed by atoms with Gasteiger partial charge in [0, 0.05) is 10.4 Å². The van der Waals surface area contributed by atoms with Crippen LogP contribution in [-0.4, -0.2) is 12.0 Å². The van der Waals surface area contributed by atoms with Crippen LogP contribution in [0.5, 0.6) is 5.75 Å². The Hall–Kier alpha value is -3.89. The highest BCUT2D eigenvalue weighted by Gasteiger charge is 2.24. The van der Waals surface area contributed by atoms with Crippen LogP contribution in [-0.2, 0) is 4.79 Å². The average molecular weight is 445 g/mol. The summed E-state index contributed by atoms with van der Waals surface area (Å²) in [6.07, 6.45) is -1.00. The van der Waals surface area contributed by atoms with E-state index in [-0.39, 0.29) is 16.9 Å². The molecule has 0 saturated carbocycles. The summed E-state index contributed by atoms with van der Waals surface area (Å²) >= 11 is 1.33. The topological polar surface area (TPSA) is 92.3 Å². The van der Waals surface area contributed by atoms with Crippen LogP contribution < -0.4 is 15.5 Å². The number of hydrogen-bond acceptors (Lipinski definition) is 6. The summed E-state index contributed by atoms with van der Waals surface area (Å²) in [5, 5.41) is 13.0. The number of hydrogen-bond donors (Lipinski definition) is 1. The van der Waals surface area contributed by atoms with Gasteiger partial charge in [0.25, 0.3) is 5.91 Å². The Bertz CT molecular complexity index is 1410. The summed E-state index contributed by atoms with van der Waals surface area (Å²) in [5.74, 6) is -0.236. The molecule has 6 nitrogen and oxygen atoms in total. The number of nitrogens with zero attached hydrogens (tertiary/aromatic N) is 1. The maximum Gasteiger partial charge on any atom is 0.265 e. The molecule has 0 saturated heterocycles. The van der Waals surface area contributed by atoms with Crippen molar-refractivity contribution in [2.75, 3.05) is 5.32 Å². The number of rotatable bonds is 5. The molecule has 0 bridgehead atoms. The minimum Gasteiger partial charge on any atom is -0.473 e. The SMILES string of the molecule is Cc1sc(NC(=O)C(C)Oc2c(-c3ccccc3)oc3ccccc3c2=O)c(C#N)c1C. The van der Waals surface area contributed by atoms with Crippen molar-refractivity contribution in [3.05, 3.63) is 80.8 Å². The van der Waals surface area contributed by atoms with Crippen LogP contribution in [0.15, 0.2) is 63.8 Å². The molecule has 1 atom stereocenters. The van der Waals surface area contributed by atoms with E-state index >= 15 is 0 Å². The van der Waals surface area contributed by atoms with Gasteiger partial charge < -0.3 is 14.5 Å². The number of aryl methyl sites for hydroxylation is 1. The number of carbonyl (C=O) groups excluding carboxylic acids is 1. The van der Waals surface area contributed by atoms with Gasteiger partial charge in [-0.3, -0.25) is 9.59 Å². The second kappa shape index (κ2) is 8.69. The number of para-hydroxylation sites is 1. The third kappa shape index (κ3) is 3.88. The number of nitrogens with one attached hydrogen (secondary N) is 1. The zero-order valence-electron chi connectivity index (χ0n) is 17.8. The fourth-order valence-electron chi connectivity index (χ4n) is 3.31. The lowest BCUT2D eigenvalue weighted by molar-refractivity contribution is -0.122. The third-order valence-corrected chi connectivity index (χ3v) is 6.31. The van der Waals surface area contributed by atoms with Crippen molar-refractivity contribution in [1.82, 2.24) is 0 Å². The predicted octanol–water partition coefficient (Wildman–Crippen LogP) is 5.42. The summed E-state index contributed by atoms with van der Waals surface area (Å²) in [6.45, 7) is 5.29. The van der Waals surface area contributed by atoms with E-state index in [0.29, 0.717) is 27.1 Å². The average Bonchev–Trinajstić information content (AvgIpc) is 3.08. The van der Waals surface area contributed by atoms with Crippen molar-refractivity contribution >= 4 is 33.2 Å². The smallest absolute Gasteiger partial charge is 0.265 e. The van der Waals surface area contributed by atoms with Gasteiger partial charge >= 0.3 is 0 Å². The first-order valence-corrected chi connectivity index (χ1v) is 10.8. The number of carbonyl (C=O) groups is 1. The largest absolute Gasteiger partial charge is 0.473 e. The van der Waals surface area contributed by atoms with Gasteiger partial charge in [-0.25, -0.2) is 0 Å². The molecule has 0 aliphatic heterocycles. The first kappa shape index (κ1) is 21.3. The van der Waals surface area contributed by atoms with Crippen molar-refractivity contribution < 1.29 is 13.9 Å². The molecule has 0 aliphatic rings. The van der Waals surface area contributed by atoms with Gasteiger partial charge in [-0.2, -0.15) is 5.26 Å². The van der Waals surface area contributed by atoms with Crippen molar-refractivity contribution in [2.24, 2.45) is 0 Å². The minimum absolute atomic E-state index is 0.0309. The van der Waals surface area contributed by atoms with Crippen LogP contribution in [0.25, 0.3) is 22.3 Å². The molecule has 32 heavy (non-hydrogen) atoms. The number of nitriles is 1. The van der Waals surface area contributed by atoms with E-state index in [9.17, 15) is 14.9 Å². The number of benzene rings is 2. The molecule has 2 aromatic heterocycles. The monoisotopic (exact) mass is 444 g/mol. The fraction of sp³-hybridized carbons (Fsp3) is 0.160. The molecule has 2 aromatic carbocycles. The Morgan fingerprint density at radius 1 is 1.12 bits per heavy atom. The molecular weight excluding hydrogens is 424 g/mol. The van der Waals surface area contributed by atoms with E-state index in [1.165, 1.54) is 11.3 Å². The van der Waals surface area contributed by atoms with Crippen LogP contribution in [0.4, 0.5) is 5.00 Å². The molecular formula is C25H20N2O4S. The predicted molar refractivity (Wildman–Crippen MR) is 125 cm³/mol. The van der Waals surface area contributed by atoms with Gasteiger partial charge in [-0.15, -0.1) is 11.3 Å². The zero-order valence-corrected chi connectivity index (χ0v) is 18.6. The van der Waals surface area contributed by atoms with Crippen LogP contribution in [0.1, 0.15) is 22.9 Å². The molecule has 4 rings (SSSR count). The van der Waals surface area contributed by atoms with Crippen molar-refractivity contribution in [1.29, 1.82) is 5.26 Å². The summed E-state index contributed by atoms with van der Waals surface area (Å²) < 4.78 is 11.9. The van der Waals surface area contributed by atoms with E-state index in [0.717, 1.165) is 10.4 Å². The first-order chi connectivity index (χ1) is 15.4. The second-order valence-electron chi connectivity index (χ2n) is 7.30. The molecule has 4 aromatic rings. The first-order valence-electron chi connectivity index (χ1n) is 9.99. The van der Waals surface area contributed by atoms with Gasteiger partial charge in [0.1, 0.15) is 16.7 Å². The Morgan fingerprint density at radius 2 is 1.81 bits per heavy atom. The summed E-state index contributed by atoms with van der Waals surface area (Å²) in [6, 6.07) is 18.2. The maximum atomic E-state index is 13.2. The van der Waals surface area contributed by atoms with Gasteiger partial charge in [0.2, 0.25) is 11.2 Å². The van der Waals surface area contributed by atoms with Crippen molar-refractivity contribution in [2.45, 2.75) is 26.9 Å². The molecule has 1 unspecified atom stereocenters. The summed E-state index contributed by atoms with van der Waals surface area (Å²) in [4.78, 5) is 27.0. The van der Waals surface area contributed by atoms with Crippen LogP contribution >= 0.6 is 11.3 Å². The van der Waals surface area contributed by atoms with E-state index < -0.39 is 12.0 Å². The van der Waals surface area contributed by atoms with Gasteiger partial charge in [0.15, 0.2) is 11.9 Å². The van der Waals surface area contributed by atoms with Crippen LogP contribution in [0.2, 0.25) is 0 Å². The molecule has 1 amide bonds. The highest BCUT2D eigenvalue weighted by Crippen LogP contribution is 2.33. The molecule has 0 fully saturated rings. The number of thiophene rings is 1. The number of ether oxygens (including phenoxy) is 1. The van der Waals surface area contributed by atoms with E-state index in [4.69, 9.17) is 9.15 Å². The molecule has 0 spiro atoms. The van der Waals surface area contributed by atoms with E-state index in [1.807, 2.05) is 32.0 Å². The maximum absolute atomic E-state index is 13.2. The van der Waals surface area contributed by atoms with Crippen LogP contribution in [0.3, 0.4) is 0 Å². The minimum atomic E-state index is -1.00. The lowest BCUT2D eigenvalue weighted by Gasteiger charge is -2.16. The van der Waals surface area contributed by atoms with Gasteiger partial charge in [0.05, 0.1) is 10.9 Å². The van der Waals surface area contributed by atoms with Crippen LogP contribution in [0, 0.1) is 25.2 Å². The lowest BCUT2D eigenvalue weighted by Crippen LogP contribution is -2.31. The Kier molecular flexibility index (Phi) is 5.80. The van der Waals surface area contributed by atoms with Crippen molar-refractivity contribution in [3.8, 4) is 23.1 Å². The lowest BCUT2D eigenvalue weighted by atomic mass is 10.1. The van der Waals surface area contributed by atoms with E-state index in [2.05, 4.69) is 11.4 Å². The third-order valence-electron chi connectivity index (χ3n) is 5.19. The standard InChI is InChI=1S/C25H20N2O4S/c1-14-16(3)32-25(19(14)13-26)27-24(29)15(2)30-23-21(28)18-11-7-8-12-20(18)31-22(23)17-9-5-4-6-10-17/h4-12,15H,1-3H3,(H,27,29). The molecule has 0 aliphatic carbocycles. The number of fused-ring (bicyclic) bond motifs is 1. The highest BCUT2D eigenvalue weighted by molar-refractivity contribution is 7.16.